The molecule has 0 saturated heterocycles. The Bertz CT molecular complexity index is 189. The van der Waals surface area contributed by atoms with E-state index in [0.717, 1.165) is 0 Å². The Hall–Kier alpha value is -0.0405. The first kappa shape index (κ1) is 6.96. The fourth-order valence-electron chi connectivity index (χ4n) is 0. The van der Waals surface area contributed by atoms with Crippen LogP contribution < -0.4 is 19.0 Å². The molecule has 0 aliphatic rings. The van der Waals surface area contributed by atoms with Gasteiger partial charge >= 0.3 is 38.1 Å². The third kappa shape index (κ3) is 56900. The van der Waals surface area contributed by atoms with Gasteiger partial charge in [-0.3, -0.25) is 0 Å². The number of nitrogens with two attached hydrogens (primary N) is 4. The number of hydrogen-bond donors (Lipinski definition) is 4. The molecule has 0 aromatic heterocycles. The van der Waals surface area contributed by atoms with Gasteiger partial charge < -0.3 is 0 Å². The molecule has 0 unspecified atom stereocenters. The van der Waals surface area contributed by atoms with Gasteiger partial charge in [-0.25, -0.2) is 0 Å². The second kappa shape index (κ2) is 0.655. The summed E-state index contributed by atoms with van der Waals surface area (Å²) in [4.78, 5) is 0. The maximum absolute atomic E-state index is 9.93. The van der Waals surface area contributed by atoms with E-state index in [-0.39, 0.29) is 0 Å². The molecule has 0 aliphatic heterocycles. The first-order valence-corrected chi connectivity index (χ1v) is 3.89. The van der Waals surface area contributed by atoms with E-state index >= 15 is 0 Å². The van der Waals surface area contributed by atoms with Crippen LogP contribution in [-0.2, 0) is 19.1 Å². The summed E-state index contributed by atoms with van der Waals surface area (Å²) in [5.74, 6) is 0. The van der Waals surface area contributed by atoms with Crippen molar-refractivity contribution in [2.24, 2.45) is 19.0 Å². The van der Waals surface area contributed by atoms with Crippen molar-refractivity contribution in [3.05, 3.63) is 0 Å². The van der Waals surface area contributed by atoms with Crippen molar-refractivity contribution in [2.45, 2.75) is 0 Å². The van der Waals surface area contributed by atoms with E-state index in [4.69, 9.17) is 0 Å². The first-order chi connectivity index (χ1) is 2.45. The van der Waals surface area contributed by atoms with Gasteiger partial charge in [0.25, 0.3) is 0 Å². The summed E-state index contributed by atoms with van der Waals surface area (Å²) < 4.78 is 36.6. The van der Waals surface area contributed by atoms with Crippen LogP contribution in [0.5, 0.6) is 0 Å². The molecule has 0 aliphatic carbocycles. The van der Waals surface area contributed by atoms with Crippen LogP contribution in [0.25, 0.3) is 0 Å². The molecule has 8 N–H and O–H groups in total. The average molecular weight is 160 g/mol. The van der Waals surface area contributed by atoms with Gasteiger partial charge in [0.15, 0.2) is 0 Å². The molecule has 7 heavy (non-hydrogen) atoms. The molecule has 0 amide bonds. The molecular weight excluding hydrogens is 152 g/mol. The average Bonchev–Trinajstić information content (AvgIpc) is 0.592. The summed E-state index contributed by atoms with van der Waals surface area (Å²) in [6.07, 6.45) is 0. The Balaban J connectivity index is 5.35. The molecule has 0 aromatic rings. The molecule has 7 heteroatoms. The zero-order valence-corrected chi connectivity index (χ0v) is 4.37. The van der Waals surface area contributed by atoms with Gasteiger partial charge in [0, 0.05) is 0 Å². The third-order valence-electron chi connectivity index (χ3n) is 0. The molecule has 0 atom stereocenters. The molecule has 0 spiro atoms. The van der Waals surface area contributed by atoms with Crippen LogP contribution >= 0.6 is 0 Å². The van der Waals surface area contributed by atoms with Gasteiger partial charge in [-0.15, -0.1) is 0 Å². The van der Waals surface area contributed by atoms with Crippen LogP contribution in [0, 0.1) is 0 Å². The fourth-order valence-corrected chi connectivity index (χ4v) is 0. The predicted molar refractivity (Wildman–Crippen MR) is 18.1 cm³/mol. The van der Waals surface area contributed by atoms with E-state index in [0.29, 0.717) is 0 Å². The maximum atomic E-state index is 9.93. The van der Waals surface area contributed by atoms with Crippen molar-refractivity contribution in [2.75, 3.05) is 0 Å². The van der Waals surface area contributed by atoms with Crippen LogP contribution in [0.2, 0.25) is 0 Å². The van der Waals surface area contributed by atoms with Crippen LogP contribution in [-0.4, -0.2) is 0 Å². The molecule has 51 valence electrons. The summed E-state index contributed by atoms with van der Waals surface area (Å²) in [7, 11) is 0. The number of hydrogen-bond acceptors (Lipinski definition) is 2. The van der Waals surface area contributed by atoms with Gasteiger partial charge in [-0.1, -0.05) is 0 Å². The molecule has 0 rings (SSSR count). The van der Waals surface area contributed by atoms with Crippen LogP contribution in [0.1, 0.15) is 0 Å². The van der Waals surface area contributed by atoms with E-state index in [2.05, 4.69) is 19.0 Å². The number of rotatable bonds is 0. The third-order valence-corrected chi connectivity index (χ3v) is 0. The minimum absolute atomic E-state index is 4.18. The van der Waals surface area contributed by atoms with Crippen molar-refractivity contribution in [3.8, 4) is 0 Å². The topological polar surface area (TPSA) is 138 Å². The van der Waals surface area contributed by atoms with Crippen LogP contribution in [0.3, 0.4) is 0 Å². The molecule has 0 fully saturated rings. The van der Waals surface area contributed by atoms with Crippen molar-refractivity contribution in [1.29, 1.82) is 0 Å². The van der Waals surface area contributed by atoms with Gasteiger partial charge in [0.1, 0.15) is 0 Å². The van der Waals surface area contributed by atoms with Crippen molar-refractivity contribution < 1.29 is 19.1 Å². The van der Waals surface area contributed by atoms with Gasteiger partial charge in [0.2, 0.25) is 0 Å². The van der Waals surface area contributed by atoms with E-state index in [1.54, 1.807) is 0 Å². The molecule has 0 saturated carbocycles. The summed E-state index contributed by atoms with van der Waals surface area (Å²) in [5, 5.41) is 0. The first-order valence-electron chi connectivity index (χ1n) is 0.942. The Kier molecular flexibility index (Phi) is 0.651. The molecule has 0 heterocycles. The van der Waals surface area contributed by atoms with Crippen LogP contribution in [0.4, 0.5) is 0 Å². The van der Waals surface area contributed by atoms with Crippen LogP contribution in [0.15, 0.2) is 0 Å². The summed E-state index contributed by atoms with van der Waals surface area (Å²) in [6, 6.07) is 0. The molecule has 0 bridgehead atoms. The summed E-state index contributed by atoms with van der Waals surface area (Å²) in [6.45, 7) is 0. The SMILES string of the molecule is [NH2][Cu]([NH2])([NH2])([NH2])(=[O])=[O]. The molecular formula is H8CuN4O2. The minimum atomic E-state index is -5.94. The van der Waals surface area contributed by atoms with E-state index in [9.17, 15) is 7.67 Å². The Morgan fingerprint density at radius 2 is 0.857 bits per heavy atom. The van der Waals surface area contributed by atoms with Crippen molar-refractivity contribution in [3.63, 3.8) is 0 Å². The standard InChI is InChI=1S/Cu.4H2N.2O/h;4*1H2;;/q+4;4*-1;;. The molecule has 0 aromatic carbocycles. The fraction of sp³-hybridized carbons (Fsp3) is 0. The van der Waals surface area contributed by atoms with Gasteiger partial charge in [0.05, 0.1) is 0 Å². The zero-order chi connectivity index (χ0) is 6.41. The van der Waals surface area contributed by atoms with Gasteiger partial charge in [-0.05, 0) is 0 Å². The Labute approximate surface area is 39.0 Å². The molecule has 0 radical (unpaired) electrons. The quantitative estimate of drug-likeness (QED) is 0.286. The van der Waals surface area contributed by atoms with Crippen molar-refractivity contribution >= 4 is 0 Å². The normalized spacial score (nSPS) is 22.9. The monoisotopic (exact) mass is 159 g/mol. The second-order valence-electron chi connectivity index (χ2n) is 1.22. The van der Waals surface area contributed by atoms with Gasteiger partial charge in [-0.2, -0.15) is 0 Å². The Morgan fingerprint density at radius 1 is 0.857 bits per heavy atom. The van der Waals surface area contributed by atoms with E-state index in [1.807, 2.05) is 0 Å². The van der Waals surface area contributed by atoms with E-state index < -0.39 is 11.5 Å². The summed E-state index contributed by atoms with van der Waals surface area (Å²) in [5.41, 5.74) is 0. The summed E-state index contributed by atoms with van der Waals surface area (Å²) >= 11 is -5.94. The second-order valence-corrected chi connectivity index (χ2v) is 5.04. The Morgan fingerprint density at radius 3 is 0.857 bits per heavy atom. The molecule has 6 nitrogen and oxygen atoms in total. The predicted octanol–water partition coefficient (Wildman–Crippen LogP) is -2.60. The van der Waals surface area contributed by atoms with Crippen molar-refractivity contribution in [1.82, 2.24) is 0 Å². The zero-order valence-electron chi connectivity index (χ0n) is 3.43. The van der Waals surface area contributed by atoms with E-state index in [1.165, 1.54) is 0 Å².